The lowest BCUT2D eigenvalue weighted by atomic mass is 9.97. The highest BCUT2D eigenvalue weighted by atomic mass is 19.1. The van der Waals surface area contributed by atoms with Crippen LogP contribution in [0, 0.1) is 36.7 Å². The highest BCUT2D eigenvalue weighted by Crippen LogP contribution is 2.33. The van der Waals surface area contributed by atoms with Crippen molar-refractivity contribution in [3.8, 4) is 16.9 Å². The number of aromatic nitrogens is 2. The second-order valence-corrected chi connectivity index (χ2v) is 5.78. The maximum absolute atomic E-state index is 14.2. The molecule has 0 bridgehead atoms. The molecular weight excluding hydrogens is 309 g/mol. The number of halogens is 1. The normalized spacial score (nSPS) is 10.8. The minimum Gasteiger partial charge on any atom is -0.358 e. The van der Waals surface area contributed by atoms with Crippen LogP contribution in [0.1, 0.15) is 16.7 Å². The maximum Gasteiger partial charge on any atom is 0.391 e. The Hall–Kier alpha value is -3.02. The molecule has 122 valence electrons. The molecule has 0 spiro atoms. The van der Waals surface area contributed by atoms with Gasteiger partial charge in [-0.15, -0.1) is 4.68 Å². The van der Waals surface area contributed by atoms with E-state index in [2.05, 4.69) is 5.10 Å². The first-order valence-corrected chi connectivity index (χ1v) is 7.46. The van der Waals surface area contributed by atoms with Crippen LogP contribution in [0.4, 0.5) is 10.2 Å². The zero-order valence-electron chi connectivity index (χ0n) is 13.6. The summed E-state index contributed by atoms with van der Waals surface area (Å²) in [6.45, 7) is 5.85. The summed E-state index contributed by atoms with van der Waals surface area (Å²) in [5, 5.41) is 15.2. The van der Waals surface area contributed by atoms with Crippen LogP contribution in [-0.4, -0.2) is 14.7 Å². The van der Waals surface area contributed by atoms with Crippen molar-refractivity contribution < 1.29 is 9.31 Å². The second-order valence-electron chi connectivity index (χ2n) is 5.78. The second kappa shape index (κ2) is 5.88. The molecule has 0 fully saturated rings. The van der Waals surface area contributed by atoms with E-state index < -0.39 is 10.7 Å². The Morgan fingerprint density at radius 1 is 1.08 bits per heavy atom. The Morgan fingerprint density at radius 2 is 1.71 bits per heavy atom. The van der Waals surface area contributed by atoms with Gasteiger partial charge in [-0.25, -0.2) is 4.39 Å². The van der Waals surface area contributed by atoms with E-state index in [4.69, 9.17) is 0 Å². The van der Waals surface area contributed by atoms with Crippen molar-refractivity contribution in [1.29, 1.82) is 0 Å². The highest BCUT2D eigenvalue weighted by Gasteiger charge is 2.24. The van der Waals surface area contributed by atoms with Crippen LogP contribution in [-0.2, 0) is 0 Å². The highest BCUT2D eigenvalue weighted by molar-refractivity contribution is 5.71. The van der Waals surface area contributed by atoms with Crippen LogP contribution < -0.4 is 0 Å². The van der Waals surface area contributed by atoms with Crippen molar-refractivity contribution in [2.75, 3.05) is 0 Å². The first-order valence-electron chi connectivity index (χ1n) is 7.46. The molecule has 3 aromatic rings. The fraction of sp³-hybridized carbons (Fsp3) is 0.167. The predicted molar refractivity (Wildman–Crippen MR) is 89.8 cm³/mol. The van der Waals surface area contributed by atoms with Gasteiger partial charge in [-0.1, -0.05) is 29.8 Å². The summed E-state index contributed by atoms with van der Waals surface area (Å²) < 4.78 is 15.5. The van der Waals surface area contributed by atoms with E-state index >= 15 is 0 Å². The van der Waals surface area contributed by atoms with Crippen molar-refractivity contribution in [1.82, 2.24) is 9.78 Å². The first kappa shape index (κ1) is 15.9. The van der Waals surface area contributed by atoms with Crippen molar-refractivity contribution in [3.63, 3.8) is 0 Å². The molecule has 0 radical (unpaired) electrons. The molecule has 6 heteroatoms. The van der Waals surface area contributed by atoms with Crippen LogP contribution in [0.15, 0.2) is 42.5 Å². The molecule has 5 nitrogen and oxygen atoms in total. The molecule has 0 saturated heterocycles. The van der Waals surface area contributed by atoms with Crippen molar-refractivity contribution in [2.24, 2.45) is 0 Å². The van der Waals surface area contributed by atoms with Gasteiger partial charge in [-0.05, 0) is 49.0 Å². The zero-order valence-corrected chi connectivity index (χ0v) is 13.6. The van der Waals surface area contributed by atoms with Gasteiger partial charge in [0.25, 0.3) is 0 Å². The largest absolute Gasteiger partial charge is 0.391 e. The molecule has 24 heavy (non-hydrogen) atoms. The SMILES string of the molecule is Cc1cc(C)c(-c2cc([N+](=O)[O-])nn2-c2ccccc2F)c(C)c1. The molecule has 0 amide bonds. The average Bonchev–Trinajstić information content (AvgIpc) is 2.91. The zero-order chi connectivity index (χ0) is 17.4. The third-order valence-corrected chi connectivity index (χ3v) is 3.90. The van der Waals surface area contributed by atoms with E-state index in [1.165, 1.54) is 16.8 Å². The summed E-state index contributed by atoms with van der Waals surface area (Å²) in [6, 6.07) is 11.5. The Balaban J connectivity index is 2.33. The standard InChI is InChI=1S/C18H16FN3O2/c1-11-8-12(2)18(13(3)9-11)16-10-17(22(23)24)20-21(16)15-7-5-4-6-14(15)19/h4-10H,1-3H3. The Morgan fingerprint density at radius 3 is 2.29 bits per heavy atom. The molecule has 0 N–H and O–H groups in total. The summed E-state index contributed by atoms with van der Waals surface area (Å²) in [5.74, 6) is -0.799. The average molecular weight is 325 g/mol. The van der Waals surface area contributed by atoms with Gasteiger partial charge in [-0.3, -0.25) is 0 Å². The number of hydrogen-bond acceptors (Lipinski definition) is 3. The van der Waals surface area contributed by atoms with Crippen LogP contribution in [0.2, 0.25) is 0 Å². The molecule has 0 unspecified atom stereocenters. The van der Waals surface area contributed by atoms with Crippen LogP contribution in [0.5, 0.6) is 0 Å². The van der Waals surface area contributed by atoms with Crippen molar-refractivity contribution >= 4 is 5.82 Å². The van der Waals surface area contributed by atoms with Gasteiger partial charge in [0.15, 0.2) is 5.82 Å². The molecule has 0 aliphatic heterocycles. The van der Waals surface area contributed by atoms with E-state index in [0.29, 0.717) is 5.69 Å². The molecule has 0 atom stereocenters. The molecule has 0 aliphatic rings. The van der Waals surface area contributed by atoms with Crippen molar-refractivity contribution in [2.45, 2.75) is 20.8 Å². The maximum atomic E-state index is 14.2. The van der Waals surface area contributed by atoms with Gasteiger partial charge in [0.05, 0.1) is 11.2 Å². The number of nitro groups is 1. The van der Waals surface area contributed by atoms with Gasteiger partial charge < -0.3 is 10.1 Å². The number of benzene rings is 2. The Labute approximate surface area is 138 Å². The summed E-state index contributed by atoms with van der Waals surface area (Å²) in [4.78, 5) is 10.6. The topological polar surface area (TPSA) is 61.0 Å². The monoisotopic (exact) mass is 325 g/mol. The fourth-order valence-corrected chi connectivity index (χ4v) is 3.03. The third-order valence-electron chi connectivity index (χ3n) is 3.90. The molecule has 0 saturated carbocycles. The van der Waals surface area contributed by atoms with Gasteiger partial charge in [-0.2, -0.15) is 0 Å². The minimum atomic E-state index is -0.570. The molecule has 1 heterocycles. The van der Waals surface area contributed by atoms with E-state index in [9.17, 15) is 14.5 Å². The Bertz CT molecular complexity index is 924. The number of rotatable bonds is 3. The van der Waals surface area contributed by atoms with Crippen LogP contribution in [0.3, 0.4) is 0 Å². The summed E-state index contributed by atoms with van der Waals surface area (Å²) in [5.41, 5.74) is 4.52. The lowest BCUT2D eigenvalue weighted by molar-refractivity contribution is -0.389. The molecule has 1 aromatic heterocycles. The third kappa shape index (κ3) is 2.67. The van der Waals surface area contributed by atoms with E-state index in [1.807, 2.05) is 32.9 Å². The van der Waals surface area contributed by atoms with Gasteiger partial charge >= 0.3 is 5.82 Å². The molecule has 3 rings (SSSR count). The fourth-order valence-electron chi connectivity index (χ4n) is 3.03. The summed E-state index contributed by atoms with van der Waals surface area (Å²) >= 11 is 0. The number of nitrogens with zero attached hydrogens (tertiary/aromatic N) is 3. The Kier molecular flexibility index (Phi) is 3.89. The lowest BCUT2D eigenvalue weighted by Crippen LogP contribution is -2.04. The van der Waals surface area contributed by atoms with Crippen LogP contribution >= 0.6 is 0 Å². The quantitative estimate of drug-likeness (QED) is 0.526. The van der Waals surface area contributed by atoms with Gasteiger partial charge in [0.1, 0.15) is 11.4 Å². The number of aryl methyl sites for hydroxylation is 3. The minimum absolute atomic E-state index is 0.181. The molecular formula is C18H16FN3O2. The van der Waals surface area contributed by atoms with E-state index in [1.54, 1.807) is 18.2 Å². The molecule has 2 aromatic carbocycles. The molecule has 0 aliphatic carbocycles. The van der Waals surface area contributed by atoms with Crippen molar-refractivity contribution in [3.05, 3.63) is 75.1 Å². The lowest BCUT2D eigenvalue weighted by Gasteiger charge is -2.11. The van der Waals surface area contributed by atoms with Gasteiger partial charge in [0.2, 0.25) is 0 Å². The predicted octanol–water partition coefficient (Wildman–Crippen LogP) is 4.51. The number of hydrogen-bond donors (Lipinski definition) is 0. The summed E-state index contributed by atoms with van der Waals surface area (Å²) in [6.07, 6.45) is 0. The first-order chi connectivity index (χ1) is 11.4. The smallest absolute Gasteiger partial charge is 0.358 e. The van der Waals surface area contributed by atoms with E-state index in [-0.39, 0.29) is 11.5 Å². The number of para-hydroxylation sites is 1. The van der Waals surface area contributed by atoms with Crippen LogP contribution in [0.25, 0.3) is 16.9 Å². The van der Waals surface area contributed by atoms with E-state index in [0.717, 1.165) is 22.3 Å². The summed E-state index contributed by atoms with van der Waals surface area (Å²) in [7, 11) is 0. The van der Waals surface area contributed by atoms with Gasteiger partial charge in [0, 0.05) is 5.56 Å².